The van der Waals surface area contributed by atoms with E-state index in [0.717, 1.165) is 12.0 Å². The monoisotopic (exact) mass is 390 g/mol. The van der Waals surface area contributed by atoms with Crippen LogP contribution >= 0.6 is 15.9 Å². The number of anilines is 1. The molecule has 0 fully saturated rings. The Kier molecular flexibility index (Phi) is 4.66. The summed E-state index contributed by atoms with van der Waals surface area (Å²) in [6, 6.07) is 9.58. The molecule has 0 spiro atoms. The maximum Gasteiger partial charge on any atom is 0.256 e. The van der Waals surface area contributed by atoms with Crippen LogP contribution in [0.2, 0.25) is 0 Å². The zero-order valence-corrected chi connectivity index (χ0v) is 14.7. The number of hydrogen-bond donors (Lipinski definition) is 1. The van der Waals surface area contributed by atoms with Gasteiger partial charge in [0.1, 0.15) is 5.82 Å². The predicted molar refractivity (Wildman–Crippen MR) is 93.5 cm³/mol. The van der Waals surface area contributed by atoms with Gasteiger partial charge in [0.05, 0.1) is 16.8 Å². The molecule has 2 aromatic rings. The zero-order chi connectivity index (χ0) is 17.3. The van der Waals surface area contributed by atoms with Gasteiger partial charge in [-0.3, -0.25) is 9.59 Å². The van der Waals surface area contributed by atoms with Crippen molar-refractivity contribution >= 4 is 33.4 Å². The minimum atomic E-state index is -0.538. The molecule has 1 heterocycles. The van der Waals surface area contributed by atoms with E-state index < -0.39 is 11.7 Å². The Morgan fingerprint density at radius 3 is 2.83 bits per heavy atom. The van der Waals surface area contributed by atoms with E-state index in [1.807, 2.05) is 13.0 Å². The third-order valence-corrected chi connectivity index (χ3v) is 4.42. The van der Waals surface area contributed by atoms with Crippen molar-refractivity contribution in [2.24, 2.45) is 0 Å². The second-order valence-electron chi connectivity index (χ2n) is 5.64. The quantitative estimate of drug-likeness (QED) is 0.849. The number of amides is 2. The van der Waals surface area contributed by atoms with Crippen LogP contribution in [0.25, 0.3) is 0 Å². The molecule has 1 aliphatic heterocycles. The maximum absolute atomic E-state index is 13.9. The largest absolute Gasteiger partial charge is 0.334 e. The first-order valence-corrected chi connectivity index (χ1v) is 8.48. The van der Waals surface area contributed by atoms with E-state index in [0.29, 0.717) is 23.1 Å². The number of nitrogens with one attached hydrogen (secondary N) is 1. The van der Waals surface area contributed by atoms with E-state index in [9.17, 15) is 14.0 Å². The van der Waals surface area contributed by atoms with Gasteiger partial charge in [-0.1, -0.05) is 35.0 Å². The van der Waals surface area contributed by atoms with Crippen molar-refractivity contribution in [3.63, 3.8) is 0 Å². The Bertz CT molecular complexity index is 823. The Balaban J connectivity index is 1.90. The van der Waals surface area contributed by atoms with Crippen molar-refractivity contribution in [1.82, 2.24) is 4.90 Å². The summed E-state index contributed by atoms with van der Waals surface area (Å²) in [5.74, 6) is -1.17. The molecule has 0 atom stereocenters. The highest BCUT2D eigenvalue weighted by molar-refractivity contribution is 9.10. The van der Waals surface area contributed by atoms with Crippen LogP contribution in [0.4, 0.5) is 10.1 Å². The lowest BCUT2D eigenvalue weighted by Crippen LogP contribution is -2.26. The molecule has 124 valence electrons. The van der Waals surface area contributed by atoms with Crippen molar-refractivity contribution in [3.05, 3.63) is 63.4 Å². The van der Waals surface area contributed by atoms with Gasteiger partial charge in [-0.05, 0) is 36.2 Å². The first-order valence-electron chi connectivity index (χ1n) is 7.68. The van der Waals surface area contributed by atoms with Crippen molar-refractivity contribution in [2.45, 2.75) is 19.9 Å². The molecule has 24 heavy (non-hydrogen) atoms. The summed E-state index contributed by atoms with van der Waals surface area (Å²) < 4.78 is 14.5. The molecule has 0 saturated heterocycles. The van der Waals surface area contributed by atoms with Crippen molar-refractivity contribution in [1.29, 1.82) is 0 Å². The van der Waals surface area contributed by atoms with E-state index in [2.05, 4.69) is 21.2 Å². The molecule has 0 aliphatic carbocycles. The van der Waals surface area contributed by atoms with Crippen LogP contribution in [0.5, 0.6) is 0 Å². The van der Waals surface area contributed by atoms with Crippen molar-refractivity contribution < 1.29 is 14.0 Å². The first-order chi connectivity index (χ1) is 11.5. The maximum atomic E-state index is 13.9. The smallest absolute Gasteiger partial charge is 0.256 e. The lowest BCUT2D eigenvalue weighted by Gasteiger charge is -2.14. The van der Waals surface area contributed by atoms with Gasteiger partial charge in [0, 0.05) is 17.6 Å². The summed E-state index contributed by atoms with van der Waals surface area (Å²) in [5, 5.41) is 2.55. The summed E-state index contributed by atoms with van der Waals surface area (Å²) in [6.45, 7) is 3.16. The average Bonchev–Trinajstić information content (AvgIpc) is 2.87. The molecule has 6 heteroatoms. The number of halogens is 2. The number of benzene rings is 2. The van der Waals surface area contributed by atoms with Gasteiger partial charge in [0.2, 0.25) is 0 Å². The SMILES string of the molecule is CCCN1Cc2cccc(C(=O)Nc3ccc(Br)cc3F)c2C1=O. The minimum Gasteiger partial charge on any atom is -0.334 e. The fraction of sp³-hybridized carbons (Fsp3) is 0.222. The summed E-state index contributed by atoms with van der Waals surface area (Å²) in [6.07, 6.45) is 0.853. The van der Waals surface area contributed by atoms with Gasteiger partial charge < -0.3 is 10.2 Å². The van der Waals surface area contributed by atoms with Crippen LogP contribution < -0.4 is 5.32 Å². The lowest BCUT2D eigenvalue weighted by molar-refractivity contribution is 0.0774. The highest BCUT2D eigenvalue weighted by Gasteiger charge is 2.31. The Morgan fingerprint density at radius 2 is 2.12 bits per heavy atom. The molecule has 2 amide bonds. The second-order valence-corrected chi connectivity index (χ2v) is 6.56. The van der Waals surface area contributed by atoms with Crippen molar-refractivity contribution in [3.8, 4) is 0 Å². The van der Waals surface area contributed by atoms with Crippen LogP contribution in [-0.4, -0.2) is 23.3 Å². The molecule has 3 rings (SSSR count). The molecule has 2 aromatic carbocycles. The zero-order valence-electron chi connectivity index (χ0n) is 13.1. The molecule has 4 nitrogen and oxygen atoms in total. The highest BCUT2D eigenvalue weighted by Crippen LogP contribution is 2.27. The Morgan fingerprint density at radius 1 is 1.33 bits per heavy atom. The van der Waals surface area contributed by atoms with Crippen LogP contribution in [0.15, 0.2) is 40.9 Å². The molecule has 0 bridgehead atoms. The third-order valence-electron chi connectivity index (χ3n) is 3.93. The summed E-state index contributed by atoms with van der Waals surface area (Å²) in [4.78, 5) is 26.8. The number of carbonyl (C=O) groups excluding carboxylic acids is 2. The summed E-state index contributed by atoms with van der Waals surface area (Å²) in [7, 11) is 0. The molecular formula is C18H16BrFN2O2. The number of carbonyl (C=O) groups is 2. The third kappa shape index (κ3) is 3.06. The number of hydrogen-bond acceptors (Lipinski definition) is 2. The fourth-order valence-corrected chi connectivity index (χ4v) is 3.17. The number of fused-ring (bicyclic) bond motifs is 1. The Hall–Kier alpha value is -2.21. The van der Waals surface area contributed by atoms with Gasteiger partial charge in [0.25, 0.3) is 11.8 Å². The van der Waals surface area contributed by atoms with E-state index in [-0.39, 0.29) is 17.2 Å². The topological polar surface area (TPSA) is 49.4 Å². The van der Waals surface area contributed by atoms with Crippen LogP contribution in [0, 0.1) is 5.82 Å². The molecule has 0 unspecified atom stereocenters. The van der Waals surface area contributed by atoms with E-state index in [4.69, 9.17) is 0 Å². The summed E-state index contributed by atoms with van der Waals surface area (Å²) >= 11 is 3.17. The second kappa shape index (κ2) is 6.73. The number of rotatable bonds is 4. The molecular weight excluding hydrogens is 375 g/mol. The molecule has 0 saturated carbocycles. The average molecular weight is 391 g/mol. The molecule has 1 aliphatic rings. The van der Waals surface area contributed by atoms with Crippen LogP contribution in [-0.2, 0) is 6.54 Å². The van der Waals surface area contributed by atoms with Crippen LogP contribution in [0.1, 0.15) is 39.6 Å². The van der Waals surface area contributed by atoms with Gasteiger partial charge in [-0.25, -0.2) is 4.39 Å². The first kappa shape index (κ1) is 16.6. The van der Waals surface area contributed by atoms with E-state index in [1.54, 1.807) is 23.1 Å². The van der Waals surface area contributed by atoms with E-state index in [1.165, 1.54) is 12.1 Å². The normalized spacial score (nSPS) is 13.1. The van der Waals surface area contributed by atoms with Gasteiger partial charge in [0.15, 0.2) is 0 Å². The molecule has 0 aromatic heterocycles. The Labute approximate surface area is 147 Å². The van der Waals surface area contributed by atoms with Crippen LogP contribution in [0.3, 0.4) is 0 Å². The molecule has 0 radical (unpaired) electrons. The van der Waals surface area contributed by atoms with Gasteiger partial charge >= 0.3 is 0 Å². The lowest BCUT2D eigenvalue weighted by atomic mass is 10.0. The van der Waals surface area contributed by atoms with Crippen molar-refractivity contribution in [2.75, 3.05) is 11.9 Å². The van der Waals surface area contributed by atoms with E-state index >= 15 is 0 Å². The minimum absolute atomic E-state index is 0.0802. The fourth-order valence-electron chi connectivity index (χ4n) is 2.84. The number of nitrogens with zero attached hydrogens (tertiary/aromatic N) is 1. The highest BCUT2D eigenvalue weighted by atomic mass is 79.9. The molecule has 1 N–H and O–H groups in total. The standard InChI is InChI=1S/C18H16BrFN2O2/c1-2-8-22-10-11-4-3-5-13(16(11)18(22)24)17(23)21-15-7-6-12(19)9-14(15)20/h3-7,9H,2,8,10H2,1H3,(H,21,23). The van der Waals surface area contributed by atoms with Gasteiger partial charge in [-0.15, -0.1) is 0 Å². The van der Waals surface area contributed by atoms with Gasteiger partial charge in [-0.2, -0.15) is 0 Å². The summed E-state index contributed by atoms with van der Waals surface area (Å²) in [5.41, 5.74) is 1.61. The predicted octanol–water partition coefficient (Wildman–Crippen LogP) is 4.21.